The van der Waals surface area contributed by atoms with Crippen molar-refractivity contribution in [3.8, 4) is 44.9 Å². The molecule has 0 bridgehead atoms. The molecule has 8 N–H and O–H groups in total. The largest absolute Gasteiger partial charge is 2.00 e. The van der Waals surface area contributed by atoms with Crippen molar-refractivity contribution in [3.05, 3.63) is 143 Å². The summed E-state index contributed by atoms with van der Waals surface area (Å²) in [5.41, 5.74) is 20.2. The molecule has 0 unspecified atom stereocenters. The first-order valence-corrected chi connectivity index (χ1v) is 16.2. The van der Waals surface area contributed by atoms with Crippen molar-refractivity contribution < 1.29 is 109 Å². The van der Waals surface area contributed by atoms with Crippen LogP contribution in [0.2, 0.25) is 0 Å². The Labute approximate surface area is 366 Å². The van der Waals surface area contributed by atoms with Gasteiger partial charge in [0.25, 0.3) is 0 Å². The Hall–Kier alpha value is -5.35. The van der Waals surface area contributed by atoms with Gasteiger partial charge in [-0.05, 0) is 59.7 Å². The molecule has 4 aromatic carbocycles. The molecule has 4 aliphatic rings. The minimum absolute atomic E-state index is 0. The number of esters is 2. The first-order chi connectivity index (χ1) is 25.2. The van der Waals surface area contributed by atoms with Crippen molar-refractivity contribution in [2.45, 2.75) is 0 Å². The van der Waals surface area contributed by atoms with Crippen molar-refractivity contribution in [1.29, 1.82) is 0 Å². The summed E-state index contributed by atoms with van der Waals surface area (Å²) in [4.78, 5) is 24.6. The molecule has 296 valence electrons. The first-order valence-electron chi connectivity index (χ1n) is 16.2. The zero-order chi connectivity index (χ0) is 36.5. The Morgan fingerprint density at radius 1 is 0.509 bits per heavy atom. The van der Waals surface area contributed by atoms with Gasteiger partial charge in [0.1, 0.15) is 22.7 Å². The van der Waals surface area contributed by atoms with Crippen molar-refractivity contribution in [3.63, 3.8) is 0 Å². The molecule has 0 saturated carbocycles. The summed E-state index contributed by atoms with van der Waals surface area (Å²) in [6, 6.07) is 36.6. The molecule has 10 nitrogen and oxygen atoms in total. The van der Waals surface area contributed by atoms with E-state index in [4.69, 9.17) is 40.6 Å². The summed E-state index contributed by atoms with van der Waals surface area (Å²) >= 11 is 0. The van der Waals surface area contributed by atoms with Crippen molar-refractivity contribution in [1.82, 2.24) is 0 Å². The summed E-state index contributed by atoms with van der Waals surface area (Å²) in [7, 11) is 2.74. The second-order valence-electron chi connectivity index (χ2n) is 12.1. The van der Waals surface area contributed by atoms with Gasteiger partial charge in [-0.1, -0.05) is 36.4 Å². The summed E-state index contributed by atoms with van der Waals surface area (Å²) < 4.78 is 22.0. The molecule has 2 aliphatic carbocycles. The number of rotatable bonds is 4. The molecule has 0 amide bonds. The Morgan fingerprint density at radius 3 is 1.25 bits per heavy atom. The molecule has 8 rings (SSSR count). The number of nitrogen functional groups attached to an aromatic ring is 2. The molecule has 2 aliphatic heterocycles. The minimum Gasteiger partial charge on any atom is -1.00 e. The van der Waals surface area contributed by atoms with E-state index in [1.54, 1.807) is 36.4 Å². The second-order valence-corrected chi connectivity index (χ2v) is 12.1. The number of carbonyl (C=O) groups excluding carboxylic acids is 2. The fraction of sp³-hybridized carbons (Fsp3) is 0.0476. The molecule has 57 heavy (non-hydrogen) atoms. The van der Waals surface area contributed by atoms with Crippen LogP contribution in [-0.2, 0) is 30.5 Å². The molecule has 4 aromatic rings. The molecular formula is C42H34Cl4N4O6Pt. The predicted molar refractivity (Wildman–Crippen MR) is 198 cm³/mol. The maximum Gasteiger partial charge on any atom is 2.00 e. The number of fused-ring (bicyclic) bond motifs is 4. The third-order valence-corrected chi connectivity index (χ3v) is 8.74. The van der Waals surface area contributed by atoms with Gasteiger partial charge in [0, 0.05) is 68.7 Å². The van der Waals surface area contributed by atoms with Crippen LogP contribution in [0.25, 0.3) is 66.8 Å². The van der Waals surface area contributed by atoms with Crippen molar-refractivity contribution in [2.24, 2.45) is 0 Å². The average Bonchev–Trinajstić information content (AvgIpc) is 3.15. The molecule has 0 spiro atoms. The quantitative estimate of drug-likeness (QED) is 0.0763. The molecule has 0 atom stereocenters. The normalized spacial score (nSPS) is 10.0. The van der Waals surface area contributed by atoms with E-state index in [2.05, 4.69) is 0 Å². The molecule has 0 saturated heterocycles. The Balaban J connectivity index is 0.000000362. The van der Waals surface area contributed by atoms with Crippen LogP contribution in [0.5, 0.6) is 0 Å². The summed E-state index contributed by atoms with van der Waals surface area (Å²) in [6.07, 6.45) is 0. The van der Waals surface area contributed by atoms with E-state index in [0.717, 1.165) is 44.2 Å². The number of benzene rings is 6. The molecule has 2 heterocycles. The molecular weight excluding hydrogens is 993 g/mol. The van der Waals surface area contributed by atoms with Gasteiger partial charge in [0.05, 0.1) is 37.5 Å². The van der Waals surface area contributed by atoms with E-state index in [0.29, 0.717) is 55.9 Å². The topological polar surface area (TPSA) is 182 Å². The zero-order valence-corrected chi connectivity index (χ0v) is 35.4. The van der Waals surface area contributed by atoms with Gasteiger partial charge in [-0.15, -0.1) is 0 Å². The molecule has 0 radical (unpaired) electrons. The molecule has 15 heteroatoms. The smallest absolute Gasteiger partial charge is 1.00 e. The van der Waals surface area contributed by atoms with Crippen LogP contribution in [0.15, 0.2) is 130 Å². The van der Waals surface area contributed by atoms with Crippen LogP contribution >= 0.6 is 0 Å². The van der Waals surface area contributed by atoms with E-state index in [1.807, 2.05) is 84.9 Å². The third-order valence-electron chi connectivity index (χ3n) is 8.74. The SMILES string of the molecule is COC(=O)c1ccccc1-c1c2ccc(=[NH2+])cc-2oc2cc(N)ccc12.COC(=O)c1ccccc1-c1c2ccc(=[NH2+])cc-2oc2cc(N)ccc12.[Cl-].[Cl-].[Cl-].[Cl-].[Pt+2]. The third kappa shape index (κ3) is 9.45. The first kappa shape index (κ1) is 47.8. The number of anilines is 2. The van der Waals surface area contributed by atoms with Crippen molar-refractivity contribution >= 4 is 45.3 Å². The van der Waals surface area contributed by atoms with Gasteiger partial charge in [0.15, 0.2) is 10.7 Å². The second kappa shape index (κ2) is 20.2. The Morgan fingerprint density at radius 2 is 0.877 bits per heavy atom. The predicted octanol–water partition coefficient (Wildman–Crippen LogP) is -7.52. The van der Waals surface area contributed by atoms with Crippen LogP contribution in [0.3, 0.4) is 0 Å². The standard InChI is InChI=1S/2C21H16N2O3.4ClH.Pt/c2*1-25-21(24)15-5-3-2-4-14(15)20-16-8-6-12(22)10-18(16)26-19-11-13(23)7-9-17(19)20;;;;;/h2*2-11,22H,23H2,1H3;4*1H;/q;;;;;;+2/p-2. The summed E-state index contributed by atoms with van der Waals surface area (Å²) in [5, 5.41) is 14.8. The number of ether oxygens (including phenoxy) is 2. The number of hydrogen-bond acceptors (Lipinski definition) is 8. The number of halogens is 4. The van der Waals surface area contributed by atoms with E-state index < -0.39 is 11.9 Å². The van der Waals surface area contributed by atoms with Crippen LogP contribution in [0.4, 0.5) is 11.4 Å². The minimum atomic E-state index is -0.395. The van der Waals surface area contributed by atoms with Crippen molar-refractivity contribution in [2.75, 3.05) is 25.7 Å². The van der Waals surface area contributed by atoms with Gasteiger partial charge >= 0.3 is 33.0 Å². The van der Waals surface area contributed by atoms with E-state index in [9.17, 15) is 9.59 Å². The number of methoxy groups -OCH3 is 2. The average molecular weight is 1030 g/mol. The Kier molecular flexibility index (Phi) is 16.9. The number of carbonyl (C=O) groups is 2. The Bertz CT molecular complexity index is 2570. The maximum atomic E-state index is 12.3. The maximum absolute atomic E-state index is 12.3. The fourth-order valence-electron chi connectivity index (χ4n) is 6.41. The molecule has 0 fully saturated rings. The number of hydrogen-bond donors (Lipinski definition) is 4. The van der Waals surface area contributed by atoms with Gasteiger partial charge < -0.3 is 79.4 Å². The van der Waals surface area contributed by atoms with E-state index >= 15 is 0 Å². The summed E-state index contributed by atoms with van der Waals surface area (Å²) in [5.74, 6) is 0.456. The zero-order valence-electron chi connectivity index (χ0n) is 30.1. The summed E-state index contributed by atoms with van der Waals surface area (Å²) in [6.45, 7) is 0. The van der Waals surface area contributed by atoms with Gasteiger partial charge in [-0.25, -0.2) is 9.59 Å². The van der Waals surface area contributed by atoms with E-state index in [1.165, 1.54) is 14.2 Å². The van der Waals surface area contributed by atoms with Crippen LogP contribution in [0.1, 0.15) is 20.7 Å². The monoisotopic (exact) mass is 1030 g/mol. The van der Waals surface area contributed by atoms with Gasteiger partial charge in [-0.3, -0.25) is 10.8 Å². The fourth-order valence-corrected chi connectivity index (χ4v) is 6.41. The van der Waals surface area contributed by atoms with Gasteiger partial charge in [-0.2, -0.15) is 0 Å². The number of nitrogens with two attached hydrogens (primary N) is 4. The van der Waals surface area contributed by atoms with Gasteiger partial charge in [0.2, 0.25) is 0 Å². The van der Waals surface area contributed by atoms with Crippen LogP contribution in [0, 0.1) is 0 Å². The van der Waals surface area contributed by atoms with Crippen LogP contribution in [-0.4, -0.2) is 26.2 Å². The van der Waals surface area contributed by atoms with Crippen LogP contribution < -0.4 is 82.6 Å². The molecule has 0 aromatic heterocycles. The van der Waals surface area contributed by atoms with E-state index in [-0.39, 0.29) is 70.7 Å².